The van der Waals surface area contributed by atoms with Crippen molar-refractivity contribution in [2.45, 2.75) is 62.8 Å². The van der Waals surface area contributed by atoms with E-state index in [9.17, 15) is 4.79 Å². The highest BCUT2D eigenvalue weighted by molar-refractivity contribution is 7.98. The molecule has 1 aromatic heterocycles. The van der Waals surface area contributed by atoms with Crippen LogP contribution in [-0.4, -0.2) is 42.1 Å². The molecule has 3 aromatic rings. The molecule has 2 aromatic carbocycles. The molecule has 1 unspecified atom stereocenters. The number of hydrogen-bond donors (Lipinski definition) is 0. The first-order valence-electron chi connectivity index (χ1n) is 13.5. The molecule has 0 radical (unpaired) electrons. The van der Waals surface area contributed by atoms with Gasteiger partial charge in [0.25, 0.3) is 0 Å². The van der Waals surface area contributed by atoms with Crippen molar-refractivity contribution in [3.63, 3.8) is 0 Å². The van der Waals surface area contributed by atoms with Gasteiger partial charge < -0.3 is 4.74 Å². The fourth-order valence-electron chi connectivity index (χ4n) is 6.13. The number of rotatable bonds is 9. The monoisotopic (exact) mass is 502 g/mol. The summed E-state index contributed by atoms with van der Waals surface area (Å²) < 4.78 is 5.86. The Balaban J connectivity index is 1.14. The van der Waals surface area contributed by atoms with E-state index in [4.69, 9.17) is 9.72 Å². The number of thioether (sulfide) groups is 1. The maximum Gasteiger partial charge on any atom is 0.171 e. The molecule has 2 heterocycles. The number of piperidine rings is 1. The minimum Gasteiger partial charge on any atom is -0.495 e. The predicted octanol–water partition coefficient (Wildman–Crippen LogP) is 7.18. The number of Topliss-reactive ketones (excluding diaryl/α,β-unsaturated/α-hetero) is 1. The quantitative estimate of drug-likeness (QED) is 0.229. The number of ether oxygens (including phenoxy) is 1. The second kappa shape index (κ2) is 11.8. The number of fused-ring (bicyclic) bond motifs is 2. The number of aryl methyl sites for hydroxylation is 1. The molecule has 1 aliphatic carbocycles. The molecule has 2 aliphatic rings. The molecule has 4 nitrogen and oxygen atoms in total. The Hall–Kier alpha value is -2.37. The van der Waals surface area contributed by atoms with E-state index in [-0.39, 0.29) is 11.7 Å². The smallest absolute Gasteiger partial charge is 0.171 e. The third-order valence-electron chi connectivity index (χ3n) is 8.14. The normalized spacial score (nSPS) is 18.9. The summed E-state index contributed by atoms with van der Waals surface area (Å²) in [5.74, 6) is 1.91. The zero-order valence-electron chi connectivity index (χ0n) is 21.7. The lowest BCUT2D eigenvalue weighted by Gasteiger charge is -2.32. The van der Waals surface area contributed by atoms with Crippen LogP contribution < -0.4 is 4.74 Å². The van der Waals surface area contributed by atoms with Gasteiger partial charge in [0.05, 0.1) is 29.3 Å². The van der Waals surface area contributed by atoms with Gasteiger partial charge in [0.1, 0.15) is 5.75 Å². The van der Waals surface area contributed by atoms with Gasteiger partial charge in [-0.05, 0) is 75.1 Å². The minimum atomic E-state index is 0.0970. The summed E-state index contributed by atoms with van der Waals surface area (Å²) in [7, 11) is 1.69. The van der Waals surface area contributed by atoms with Crippen LogP contribution in [0.2, 0.25) is 0 Å². The van der Waals surface area contributed by atoms with Crippen LogP contribution in [-0.2, 0) is 13.0 Å². The van der Waals surface area contributed by atoms with Crippen molar-refractivity contribution in [1.82, 2.24) is 9.88 Å². The third-order valence-corrected chi connectivity index (χ3v) is 8.92. The number of pyridine rings is 1. The van der Waals surface area contributed by atoms with Crippen LogP contribution in [0.5, 0.6) is 5.75 Å². The topological polar surface area (TPSA) is 42.4 Å². The van der Waals surface area contributed by atoms with E-state index in [1.54, 1.807) is 18.9 Å². The highest BCUT2D eigenvalue weighted by atomic mass is 32.2. The number of ketones is 1. The number of likely N-dealkylation sites (tertiary alicyclic amines) is 1. The number of carbonyl (C=O) groups excluding carboxylic acids is 1. The summed E-state index contributed by atoms with van der Waals surface area (Å²) in [4.78, 5) is 22.2. The zero-order chi connectivity index (χ0) is 24.9. The molecule has 5 heteroatoms. The zero-order valence-corrected chi connectivity index (χ0v) is 22.5. The van der Waals surface area contributed by atoms with Gasteiger partial charge in [0, 0.05) is 17.4 Å². The minimum absolute atomic E-state index is 0.0970. The lowest BCUT2D eigenvalue weighted by molar-refractivity contribution is 0.0887. The Bertz CT molecular complexity index is 1190. The van der Waals surface area contributed by atoms with E-state index in [0.717, 1.165) is 71.0 Å². The van der Waals surface area contributed by atoms with Crippen LogP contribution in [0.25, 0.3) is 10.9 Å². The Morgan fingerprint density at radius 2 is 1.78 bits per heavy atom. The summed E-state index contributed by atoms with van der Waals surface area (Å²) >= 11 is 1.68. The third kappa shape index (κ3) is 5.47. The molecule has 0 bridgehead atoms. The number of aromatic nitrogens is 1. The maximum absolute atomic E-state index is 13.6. The first-order valence-corrected chi connectivity index (χ1v) is 14.7. The summed E-state index contributed by atoms with van der Waals surface area (Å²) in [5, 5.41) is 0.985. The van der Waals surface area contributed by atoms with Crippen molar-refractivity contribution in [1.29, 1.82) is 0 Å². The van der Waals surface area contributed by atoms with Gasteiger partial charge in [-0.3, -0.25) is 14.7 Å². The first-order chi connectivity index (χ1) is 17.7. The molecule has 0 spiro atoms. The number of hydrogen-bond acceptors (Lipinski definition) is 5. The molecule has 0 amide bonds. The number of methoxy groups -OCH3 is 1. The number of unbranched alkanes of at least 4 members (excludes halogenated alkanes) is 1. The van der Waals surface area contributed by atoms with Crippen molar-refractivity contribution in [2.75, 3.05) is 26.5 Å². The SMILES string of the molecule is COc1c2c(nc3cccc(SC)c13)CCC(CCCCC1CCN(Cc3ccccc3)CC1)C2=O. The molecule has 1 atom stereocenters. The molecular formula is C31H38N2O2S. The van der Waals surface area contributed by atoms with E-state index in [1.165, 1.54) is 44.3 Å². The molecule has 1 aliphatic heterocycles. The van der Waals surface area contributed by atoms with Crippen LogP contribution in [0.15, 0.2) is 53.4 Å². The van der Waals surface area contributed by atoms with Gasteiger partial charge in [-0.1, -0.05) is 55.7 Å². The lowest BCUT2D eigenvalue weighted by atomic mass is 9.81. The van der Waals surface area contributed by atoms with Crippen molar-refractivity contribution < 1.29 is 9.53 Å². The standard InChI is InChI=1S/C31H38N2O2S/c1-35-31-28-25(13-8-14-27(28)36-2)32-26-16-15-24(30(34)29(26)31)12-7-6-9-22-17-19-33(20-18-22)21-23-10-4-3-5-11-23/h3-5,8,10-11,13-14,22,24H,6-7,9,12,15-21H2,1-2H3. The fourth-order valence-corrected chi connectivity index (χ4v) is 6.74. The largest absolute Gasteiger partial charge is 0.495 e. The van der Waals surface area contributed by atoms with E-state index >= 15 is 0 Å². The molecule has 1 saturated heterocycles. The molecule has 36 heavy (non-hydrogen) atoms. The second-order valence-electron chi connectivity index (χ2n) is 10.4. The van der Waals surface area contributed by atoms with E-state index in [2.05, 4.69) is 47.6 Å². The average molecular weight is 503 g/mol. The van der Waals surface area contributed by atoms with E-state index in [0.29, 0.717) is 0 Å². The van der Waals surface area contributed by atoms with E-state index < -0.39 is 0 Å². The van der Waals surface area contributed by atoms with Gasteiger partial charge in [0.2, 0.25) is 0 Å². The summed E-state index contributed by atoms with van der Waals surface area (Å²) in [5.41, 5.74) is 4.01. The number of carbonyl (C=O) groups is 1. The van der Waals surface area contributed by atoms with Crippen molar-refractivity contribution in [3.8, 4) is 5.75 Å². The van der Waals surface area contributed by atoms with Crippen LogP contribution in [0, 0.1) is 11.8 Å². The average Bonchev–Trinajstić information content (AvgIpc) is 2.92. The van der Waals surface area contributed by atoms with Crippen LogP contribution in [0.4, 0.5) is 0 Å². The van der Waals surface area contributed by atoms with Crippen LogP contribution >= 0.6 is 11.8 Å². The maximum atomic E-state index is 13.6. The molecule has 5 rings (SSSR count). The number of nitrogens with zero attached hydrogens (tertiary/aromatic N) is 2. The molecular weight excluding hydrogens is 464 g/mol. The van der Waals surface area contributed by atoms with Gasteiger partial charge in [0.15, 0.2) is 5.78 Å². The van der Waals surface area contributed by atoms with Gasteiger partial charge in [-0.2, -0.15) is 0 Å². The van der Waals surface area contributed by atoms with Crippen molar-refractivity contribution >= 4 is 28.4 Å². The first kappa shape index (κ1) is 25.3. The summed E-state index contributed by atoms with van der Waals surface area (Å²) in [6.45, 7) is 3.48. The van der Waals surface area contributed by atoms with Crippen LogP contribution in [0.3, 0.4) is 0 Å². The second-order valence-corrected chi connectivity index (χ2v) is 11.3. The Morgan fingerprint density at radius 3 is 2.53 bits per heavy atom. The van der Waals surface area contributed by atoms with Gasteiger partial charge in [-0.25, -0.2) is 0 Å². The van der Waals surface area contributed by atoms with Crippen molar-refractivity contribution in [2.24, 2.45) is 11.8 Å². The van der Waals surface area contributed by atoms with E-state index in [1.807, 2.05) is 12.1 Å². The highest BCUT2D eigenvalue weighted by Crippen LogP contribution is 2.41. The molecule has 0 N–H and O–H groups in total. The predicted molar refractivity (Wildman–Crippen MR) is 149 cm³/mol. The van der Waals surface area contributed by atoms with Crippen molar-refractivity contribution in [3.05, 3.63) is 65.4 Å². The Morgan fingerprint density at radius 1 is 1.00 bits per heavy atom. The highest BCUT2D eigenvalue weighted by Gasteiger charge is 2.32. The molecule has 0 saturated carbocycles. The fraction of sp³-hybridized carbons (Fsp3) is 0.484. The Labute approximate surface area is 219 Å². The van der Waals surface area contributed by atoms with Crippen LogP contribution in [0.1, 0.15) is 66.6 Å². The lowest BCUT2D eigenvalue weighted by Crippen LogP contribution is -2.33. The summed E-state index contributed by atoms with van der Waals surface area (Å²) in [6, 6.07) is 17.0. The van der Waals surface area contributed by atoms with Gasteiger partial charge in [-0.15, -0.1) is 11.8 Å². The number of benzene rings is 2. The van der Waals surface area contributed by atoms with Gasteiger partial charge >= 0.3 is 0 Å². The molecule has 1 fully saturated rings. The molecule has 190 valence electrons. The Kier molecular flexibility index (Phi) is 8.28. The summed E-state index contributed by atoms with van der Waals surface area (Å²) in [6.07, 6.45) is 11.1.